The molecule has 2 aromatic rings. The molecule has 0 aliphatic rings. The Morgan fingerprint density at radius 1 is 0.944 bits per heavy atom. The Hall–Kier alpha value is -2.06. The number of aliphatic hydroxyl groups is 1. The van der Waals surface area contributed by atoms with Crippen molar-refractivity contribution in [1.82, 2.24) is 0 Å². The van der Waals surface area contributed by atoms with Crippen LogP contribution in [0.25, 0.3) is 5.57 Å². The number of ketones is 1. The highest BCUT2D eigenvalue weighted by molar-refractivity contribution is 6.31. The molecule has 0 amide bonds. The highest BCUT2D eigenvalue weighted by atomic mass is 35.5. The monoisotopic (exact) mass is 258 g/mol. The van der Waals surface area contributed by atoms with E-state index < -0.39 is 0 Å². The molecular formula is C15H11ClO2. The van der Waals surface area contributed by atoms with Gasteiger partial charge < -0.3 is 5.11 Å². The van der Waals surface area contributed by atoms with Gasteiger partial charge in [0, 0.05) is 10.6 Å². The maximum atomic E-state index is 12.2. The second kappa shape index (κ2) is 5.52. The molecule has 0 radical (unpaired) electrons. The lowest BCUT2D eigenvalue weighted by Gasteiger charge is -2.05. The summed E-state index contributed by atoms with van der Waals surface area (Å²) >= 11 is 5.79. The molecule has 2 nitrogen and oxygen atoms in total. The first-order chi connectivity index (χ1) is 8.72. The molecule has 90 valence electrons. The average Bonchev–Trinajstić information content (AvgIpc) is 2.42. The van der Waals surface area contributed by atoms with Gasteiger partial charge in [0.25, 0.3) is 0 Å². The lowest BCUT2D eigenvalue weighted by atomic mass is 9.98. The minimum atomic E-state index is -0.222. The first kappa shape index (κ1) is 12.4. The summed E-state index contributed by atoms with van der Waals surface area (Å²) in [4.78, 5) is 12.2. The zero-order valence-electron chi connectivity index (χ0n) is 9.51. The van der Waals surface area contributed by atoms with E-state index in [1.54, 1.807) is 48.5 Å². The molecule has 0 aliphatic heterocycles. The molecule has 0 fully saturated rings. The fourth-order valence-corrected chi connectivity index (χ4v) is 1.76. The van der Waals surface area contributed by atoms with Crippen molar-refractivity contribution in [3.63, 3.8) is 0 Å². The van der Waals surface area contributed by atoms with Crippen LogP contribution in [0.1, 0.15) is 15.9 Å². The van der Waals surface area contributed by atoms with Gasteiger partial charge in [-0.1, -0.05) is 54.1 Å². The van der Waals surface area contributed by atoms with Gasteiger partial charge in [-0.2, -0.15) is 0 Å². The predicted octanol–water partition coefficient (Wildman–Crippen LogP) is 4.12. The van der Waals surface area contributed by atoms with E-state index in [2.05, 4.69) is 0 Å². The number of Topliss-reactive ketones (excluding diaryl/α,β-unsaturated/α-hetero) is 1. The quantitative estimate of drug-likeness (QED) is 0.511. The molecule has 0 unspecified atom stereocenters. The van der Waals surface area contributed by atoms with E-state index in [-0.39, 0.29) is 11.4 Å². The van der Waals surface area contributed by atoms with Gasteiger partial charge in [-0.05, 0) is 17.7 Å². The molecule has 18 heavy (non-hydrogen) atoms. The Balaban J connectivity index is 2.36. The van der Waals surface area contributed by atoms with E-state index in [1.165, 1.54) is 0 Å². The SMILES string of the molecule is O=C(/C(=C\O)c1ccc(Cl)cc1)c1ccccc1. The molecule has 2 rings (SSSR count). The van der Waals surface area contributed by atoms with Crippen LogP contribution in [0.3, 0.4) is 0 Å². The van der Waals surface area contributed by atoms with Crippen molar-refractivity contribution in [3.05, 3.63) is 77.0 Å². The van der Waals surface area contributed by atoms with Crippen LogP contribution in [-0.4, -0.2) is 10.9 Å². The predicted molar refractivity (Wildman–Crippen MR) is 72.8 cm³/mol. The van der Waals surface area contributed by atoms with Gasteiger partial charge >= 0.3 is 0 Å². The van der Waals surface area contributed by atoms with Crippen LogP contribution in [0.2, 0.25) is 5.02 Å². The number of hydrogen-bond donors (Lipinski definition) is 1. The summed E-state index contributed by atoms with van der Waals surface area (Å²) in [7, 11) is 0. The molecule has 0 heterocycles. The molecule has 0 spiro atoms. The van der Waals surface area contributed by atoms with Crippen LogP contribution in [0.5, 0.6) is 0 Å². The van der Waals surface area contributed by atoms with Gasteiger partial charge in [0.05, 0.1) is 11.8 Å². The second-order valence-corrected chi connectivity index (χ2v) is 4.18. The van der Waals surface area contributed by atoms with E-state index in [4.69, 9.17) is 11.6 Å². The summed E-state index contributed by atoms with van der Waals surface area (Å²) in [5.74, 6) is -0.222. The Morgan fingerprint density at radius 3 is 2.11 bits per heavy atom. The normalized spacial score (nSPS) is 11.3. The molecule has 0 saturated heterocycles. The van der Waals surface area contributed by atoms with Crippen molar-refractivity contribution in [2.75, 3.05) is 0 Å². The van der Waals surface area contributed by atoms with Gasteiger partial charge in [0.1, 0.15) is 0 Å². The van der Waals surface area contributed by atoms with Crippen LogP contribution >= 0.6 is 11.6 Å². The second-order valence-electron chi connectivity index (χ2n) is 3.74. The maximum Gasteiger partial charge on any atom is 0.196 e. The standard InChI is InChI=1S/C15H11ClO2/c16-13-8-6-11(7-9-13)14(10-17)15(18)12-4-2-1-3-5-12/h1-10,17H/b14-10-. The highest BCUT2D eigenvalue weighted by Crippen LogP contribution is 2.21. The van der Waals surface area contributed by atoms with E-state index in [9.17, 15) is 9.90 Å². The Kier molecular flexibility index (Phi) is 3.80. The van der Waals surface area contributed by atoms with Gasteiger partial charge in [-0.25, -0.2) is 0 Å². The van der Waals surface area contributed by atoms with E-state index >= 15 is 0 Å². The number of halogens is 1. The number of allylic oxidation sites excluding steroid dienone is 1. The van der Waals surface area contributed by atoms with Gasteiger partial charge in [-0.15, -0.1) is 0 Å². The minimum Gasteiger partial charge on any atom is -0.515 e. The molecule has 2 aromatic carbocycles. The summed E-state index contributed by atoms with van der Waals surface area (Å²) in [6, 6.07) is 15.6. The number of carbonyl (C=O) groups excluding carboxylic acids is 1. The van der Waals surface area contributed by atoms with Crippen molar-refractivity contribution in [3.8, 4) is 0 Å². The summed E-state index contributed by atoms with van der Waals surface area (Å²) in [6.07, 6.45) is 0.832. The van der Waals surface area contributed by atoms with E-state index in [0.29, 0.717) is 16.1 Å². The molecule has 3 heteroatoms. The zero-order chi connectivity index (χ0) is 13.0. The fourth-order valence-electron chi connectivity index (χ4n) is 1.64. The number of benzene rings is 2. The first-order valence-corrected chi connectivity index (χ1v) is 5.80. The van der Waals surface area contributed by atoms with E-state index in [0.717, 1.165) is 6.26 Å². The van der Waals surface area contributed by atoms with Crippen molar-refractivity contribution in [2.24, 2.45) is 0 Å². The Bertz CT molecular complexity index is 571. The lowest BCUT2D eigenvalue weighted by molar-refractivity contribution is 0.105. The van der Waals surface area contributed by atoms with Gasteiger partial charge in [0.15, 0.2) is 5.78 Å². The molecule has 1 N–H and O–H groups in total. The minimum absolute atomic E-state index is 0.222. The summed E-state index contributed by atoms with van der Waals surface area (Å²) in [5, 5.41) is 9.85. The zero-order valence-corrected chi connectivity index (χ0v) is 10.3. The van der Waals surface area contributed by atoms with Crippen molar-refractivity contribution in [1.29, 1.82) is 0 Å². The third-order valence-electron chi connectivity index (χ3n) is 2.56. The number of aliphatic hydroxyl groups excluding tert-OH is 1. The smallest absolute Gasteiger partial charge is 0.196 e. The third-order valence-corrected chi connectivity index (χ3v) is 2.82. The van der Waals surface area contributed by atoms with Crippen LogP contribution in [0.4, 0.5) is 0 Å². The summed E-state index contributed by atoms with van der Waals surface area (Å²) < 4.78 is 0. The third kappa shape index (κ3) is 2.60. The summed E-state index contributed by atoms with van der Waals surface area (Å²) in [6.45, 7) is 0. The Labute approximate surface area is 110 Å². The van der Waals surface area contributed by atoms with Gasteiger partial charge in [-0.3, -0.25) is 4.79 Å². The molecule has 0 aliphatic carbocycles. The number of carbonyl (C=O) groups is 1. The Morgan fingerprint density at radius 2 is 1.56 bits per heavy atom. The molecular weight excluding hydrogens is 248 g/mol. The lowest BCUT2D eigenvalue weighted by Crippen LogP contribution is -2.02. The molecule has 0 bridgehead atoms. The van der Waals surface area contributed by atoms with Crippen LogP contribution < -0.4 is 0 Å². The first-order valence-electron chi connectivity index (χ1n) is 5.42. The van der Waals surface area contributed by atoms with Gasteiger partial charge in [0.2, 0.25) is 0 Å². The van der Waals surface area contributed by atoms with Crippen LogP contribution in [0, 0.1) is 0 Å². The molecule has 0 atom stereocenters. The van der Waals surface area contributed by atoms with Crippen molar-refractivity contribution < 1.29 is 9.90 Å². The van der Waals surface area contributed by atoms with Crippen LogP contribution in [0.15, 0.2) is 60.9 Å². The number of rotatable bonds is 3. The highest BCUT2D eigenvalue weighted by Gasteiger charge is 2.14. The van der Waals surface area contributed by atoms with Crippen LogP contribution in [-0.2, 0) is 0 Å². The fraction of sp³-hybridized carbons (Fsp3) is 0. The van der Waals surface area contributed by atoms with Crippen molar-refractivity contribution in [2.45, 2.75) is 0 Å². The molecule has 0 aromatic heterocycles. The molecule has 0 saturated carbocycles. The number of hydrogen-bond acceptors (Lipinski definition) is 2. The topological polar surface area (TPSA) is 37.3 Å². The largest absolute Gasteiger partial charge is 0.515 e. The van der Waals surface area contributed by atoms with E-state index in [1.807, 2.05) is 6.07 Å². The average molecular weight is 259 g/mol. The summed E-state index contributed by atoms with van der Waals surface area (Å²) in [5.41, 5.74) is 1.42. The maximum absolute atomic E-state index is 12.2. The van der Waals surface area contributed by atoms with Crippen molar-refractivity contribution >= 4 is 23.0 Å².